The number of ether oxygens (including phenoxy) is 1. The summed E-state index contributed by atoms with van der Waals surface area (Å²) < 4.78 is 5.09. The summed E-state index contributed by atoms with van der Waals surface area (Å²) in [5, 5.41) is 3.27. The lowest BCUT2D eigenvalue weighted by Crippen LogP contribution is -2.03. The monoisotopic (exact) mass is 281 g/mol. The van der Waals surface area contributed by atoms with Crippen LogP contribution in [0.1, 0.15) is 23.7 Å². The van der Waals surface area contributed by atoms with Crippen molar-refractivity contribution in [2.75, 3.05) is 12.4 Å². The normalized spacial score (nSPS) is 11.0. The summed E-state index contributed by atoms with van der Waals surface area (Å²) in [4.78, 5) is 12.2. The van der Waals surface area contributed by atoms with E-state index in [1.165, 1.54) is 0 Å². The second-order valence-corrected chi connectivity index (χ2v) is 4.61. The number of anilines is 1. The van der Waals surface area contributed by atoms with Gasteiger partial charge in [-0.1, -0.05) is 25.1 Å². The Labute approximate surface area is 125 Å². The van der Waals surface area contributed by atoms with E-state index in [0.29, 0.717) is 5.56 Å². The smallest absolute Gasteiger partial charge is 0.187 e. The van der Waals surface area contributed by atoms with Gasteiger partial charge in [0.25, 0.3) is 0 Å². The maximum atomic E-state index is 12.2. The fourth-order valence-corrected chi connectivity index (χ4v) is 1.93. The third-order valence-electron chi connectivity index (χ3n) is 3.14. The first kappa shape index (κ1) is 14.9. The van der Waals surface area contributed by atoms with Crippen molar-refractivity contribution in [1.82, 2.24) is 0 Å². The van der Waals surface area contributed by atoms with Crippen molar-refractivity contribution in [1.29, 1.82) is 0 Å². The molecule has 0 saturated carbocycles. The molecule has 1 N–H and O–H groups in total. The van der Waals surface area contributed by atoms with E-state index in [9.17, 15) is 4.79 Å². The molecule has 0 saturated heterocycles. The Balaban J connectivity index is 2.12. The molecule has 0 radical (unpaired) electrons. The summed E-state index contributed by atoms with van der Waals surface area (Å²) in [6, 6.07) is 16.9. The molecule has 0 heterocycles. The molecule has 21 heavy (non-hydrogen) atoms. The molecule has 2 rings (SSSR count). The number of carbonyl (C=O) groups excluding carboxylic acids is 1. The number of hydrogen-bond acceptors (Lipinski definition) is 3. The minimum Gasteiger partial charge on any atom is -0.497 e. The molecule has 3 nitrogen and oxygen atoms in total. The molecule has 108 valence electrons. The largest absolute Gasteiger partial charge is 0.497 e. The van der Waals surface area contributed by atoms with Crippen LogP contribution in [0.5, 0.6) is 5.75 Å². The van der Waals surface area contributed by atoms with Gasteiger partial charge in [-0.25, -0.2) is 0 Å². The lowest BCUT2D eigenvalue weighted by molar-refractivity contribution is 0.104. The number of benzene rings is 2. The molecule has 0 amide bonds. The van der Waals surface area contributed by atoms with Crippen molar-refractivity contribution in [3.05, 3.63) is 71.9 Å². The molecule has 0 aliphatic carbocycles. The van der Waals surface area contributed by atoms with Crippen LogP contribution >= 0.6 is 0 Å². The summed E-state index contributed by atoms with van der Waals surface area (Å²) in [7, 11) is 1.61. The fraction of sp³-hybridized carbons (Fsp3) is 0.167. The Morgan fingerprint density at radius 2 is 1.76 bits per heavy atom. The quantitative estimate of drug-likeness (QED) is 0.634. The average Bonchev–Trinajstić information content (AvgIpc) is 2.55. The summed E-state index contributed by atoms with van der Waals surface area (Å²) in [5.41, 5.74) is 2.52. The van der Waals surface area contributed by atoms with Gasteiger partial charge in [0.1, 0.15) is 5.75 Å². The molecule has 2 aromatic carbocycles. The highest BCUT2D eigenvalue weighted by atomic mass is 16.5. The predicted molar refractivity (Wildman–Crippen MR) is 85.8 cm³/mol. The van der Waals surface area contributed by atoms with Crippen LogP contribution in [0, 0.1) is 0 Å². The lowest BCUT2D eigenvalue weighted by atomic mass is 10.1. The van der Waals surface area contributed by atoms with Crippen molar-refractivity contribution >= 4 is 11.5 Å². The van der Waals surface area contributed by atoms with E-state index < -0.39 is 0 Å². The van der Waals surface area contributed by atoms with E-state index in [1.54, 1.807) is 37.5 Å². The minimum absolute atomic E-state index is 0.0158. The first-order valence-corrected chi connectivity index (χ1v) is 6.94. The Morgan fingerprint density at radius 3 is 2.33 bits per heavy atom. The number of nitrogens with one attached hydrogen (secondary N) is 1. The van der Waals surface area contributed by atoms with E-state index in [4.69, 9.17) is 4.74 Å². The van der Waals surface area contributed by atoms with Gasteiger partial charge < -0.3 is 10.1 Å². The van der Waals surface area contributed by atoms with Crippen LogP contribution in [-0.4, -0.2) is 12.9 Å². The molecular weight excluding hydrogens is 262 g/mol. The highest BCUT2D eigenvalue weighted by Gasteiger charge is 2.05. The first-order valence-electron chi connectivity index (χ1n) is 6.94. The maximum Gasteiger partial charge on any atom is 0.187 e. The number of hydrogen-bond donors (Lipinski definition) is 1. The van der Waals surface area contributed by atoms with Crippen molar-refractivity contribution < 1.29 is 9.53 Å². The standard InChI is InChI=1S/C18H19NO2/c1-3-15(19-16-7-5-4-6-8-16)13-18(20)14-9-11-17(21-2)12-10-14/h4-13,19H,3H2,1-2H3/b15-13+. The topological polar surface area (TPSA) is 38.3 Å². The highest BCUT2D eigenvalue weighted by molar-refractivity contribution is 6.05. The van der Waals surface area contributed by atoms with Gasteiger partial charge in [-0.2, -0.15) is 0 Å². The average molecular weight is 281 g/mol. The molecule has 0 aromatic heterocycles. The van der Waals surface area contributed by atoms with Gasteiger partial charge in [0.2, 0.25) is 0 Å². The lowest BCUT2D eigenvalue weighted by Gasteiger charge is -2.09. The maximum absolute atomic E-state index is 12.2. The Kier molecular flexibility index (Phi) is 5.16. The van der Waals surface area contributed by atoms with E-state index in [-0.39, 0.29) is 5.78 Å². The van der Waals surface area contributed by atoms with Gasteiger partial charge in [0.05, 0.1) is 7.11 Å². The van der Waals surface area contributed by atoms with E-state index in [1.807, 2.05) is 37.3 Å². The minimum atomic E-state index is -0.0158. The van der Waals surface area contributed by atoms with Gasteiger partial charge in [0, 0.05) is 23.0 Å². The van der Waals surface area contributed by atoms with Crippen LogP contribution in [0.3, 0.4) is 0 Å². The summed E-state index contributed by atoms with van der Waals surface area (Å²) >= 11 is 0. The SMILES string of the molecule is CC/C(=C\C(=O)c1ccc(OC)cc1)Nc1ccccc1. The van der Waals surface area contributed by atoms with Crippen LogP contribution in [0.2, 0.25) is 0 Å². The zero-order valence-electron chi connectivity index (χ0n) is 12.3. The van der Waals surface area contributed by atoms with E-state index in [0.717, 1.165) is 23.6 Å². The number of para-hydroxylation sites is 1. The van der Waals surface area contributed by atoms with E-state index >= 15 is 0 Å². The van der Waals surface area contributed by atoms with Crippen LogP contribution in [-0.2, 0) is 0 Å². The van der Waals surface area contributed by atoms with Crippen molar-refractivity contribution in [2.45, 2.75) is 13.3 Å². The van der Waals surface area contributed by atoms with Gasteiger partial charge >= 0.3 is 0 Å². The number of methoxy groups -OCH3 is 1. The second-order valence-electron chi connectivity index (χ2n) is 4.61. The van der Waals surface area contributed by atoms with Crippen molar-refractivity contribution in [3.63, 3.8) is 0 Å². The Morgan fingerprint density at radius 1 is 1.10 bits per heavy atom. The highest BCUT2D eigenvalue weighted by Crippen LogP contribution is 2.15. The fourth-order valence-electron chi connectivity index (χ4n) is 1.93. The summed E-state index contributed by atoms with van der Waals surface area (Å²) in [6.45, 7) is 2.02. The second kappa shape index (κ2) is 7.29. The number of ketones is 1. The van der Waals surface area contributed by atoms with Gasteiger partial charge in [-0.05, 0) is 42.8 Å². The Hall–Kier alpha value is -2.55. The molecule has 0 unspecified atom stereocenters. The zero-order valence-corrected chi connectivity index (χ0v) is 12.3. The van der Waals surface area contributed by atoms with Gasteiger partial charge in [-0.15, -0.1) is 0 Å². The summed E-state index contributed by atoms with van der Waals surface area (Å²) in [5.74, 6) is 0.728. The number of allylic oxidation sites excluding steroid dienone is 2. The Bertz CT molecular complexity index is 615. The molecular formula is C18H19NO2. The predicted octanol–water partition coefficient (Wildman–Crippen LogP) is 4.28. The van der Waals surface area contributed by atoms with Crippen LogP contribution in [0.25, 0.3) is 0 Å². The third-order valence-corrected chi connectivity index (χ3v) is 3.14. The zero-order chi connectivity index (χ0) is 15.1. The van der Waals surface area contributed by atoms with E-state index in [2.05, 4.69) is 5.32 Å². The third kappa shape index (κ3) is 4.21. The van der Waals surface area contributed by atoms with Crippen LogP contribution in [0.15, 0.2) is 66.4 Å². The summed E-state index contributed by atoms with van der Waals surface area (Å²) in [6.07, 6.45) is 2.41. The van der Waals surface area contributed by atoms with Crippen molar-refractivity contribution in [2.24, 2.45) is 0 Å². The van der Waals surface area contributed by atoms with Crippen LogP contribution < -0.4 is 10.1 Å². The van der Waals surface area contributed by atoms with Crippen LogP contribution in [0.4, 0.5) is 5.69 Å². The molecule has 0 spiro atoms. The first-order chi connectivity index (χ1) is 10.2. The molecule has 0 aliphatic rings. The molecule has 0 atom stereocenters. The molecule has 0 bridgehead atoms. The number of rotatable bonds is 6. The van der Waals surface area contributed by atoms with Gasteiger partial charge in [-0.3, -0.25) is 4.79 Å². The van der Waals surface area contributed by atoms with Gasteiger partial charge in [0.15, 0.2) is 5.78 Å². The molecule has 0 fully saturated rings. The molecule has 3 heteroatoms. The number of carbonyl (C=O) groups is 1. The van der Waals surface area contributed by atoms with Crippen molar-refractivity contribution in [3.8, 4) is 5.75 Å². The molecule has 0 aliphatic heterocycles. The molecule has 2 aromatic rings.